The molecular weight excluding hydrogens is 226 g/mol. The summed E-state index contributed by atoms with van der Waals surface area (Å²) in [5.74, 6) is -0.300. The summed E-state index contributed by atoms with van der Waals surface area (Å²) in [4.78, 5) is 13.3. The van der Waals surface area contributed by atoms with Crippen molar-refractivity contribution in [1.82, 2.24) is 5.32 Å². The van der Waals surface area contributed by atoms with Crippen LogP contribution in [0.1, 0.15) is 17.5 Å². The van der Waals surface area contributed by atoms with E-state index in [-0.39, 0.29) is 11.9 Å². The maximum absolute atomic E-state index is 11.1. The highest BCUT2D eigenvalue weighted by Crippen LogP contribution is 2.20. The number of nitrogens with one attached hydrogen (secondary N) is 1. The molecule has 0 aromatic heterocycles. The van der Waals surface area contributed by atoms with Crippen LogP contribution in [-0.4, -0.2) is 32.6 Å². The first-order chi connectivity index (χ1) is 8.45. The fourth-order valence-electron chi connectivity index (χ4n) is 2.11. The molecule has 1 rings (SSSR count). The topological polar surface area (TPSA) is 58.4 Å². The van der Waals surface area contributed by atoms with Gasteiger partial charge < -0.3 is 16.0 Å². The van der Waals surface area contributed by atoms with Gasteiger partial charge in [0, 0.05) is 19.3 Å². The number of primary amides is 1. The Morgan fingerprint density at radius 3 is 2.61 bits per heavy atom. The maximum Gasteiger partial charge on any atom is 0.234 e. The summed E-state index contributed by atoms with van der Waals surface area (Å²) in [6.07, 6.45) is 0.704. The normalized spacial score (nSPS) is 12.2. The third kappa shape index (κ3) is 3.74. The van der Waals surface area contributed by atoms with Crippen molar-refractivity contribution in [2.45, 2.75) is 26.3 Å². The van der Waals surface area contributed by atoms with Gasteiger partial charge in [-0.15, -0.1) is 0 Å². The van der Waals surface area contributed by atoms with Crippen LogP contribution in [0.15, 0.2) is 18.2 Å². The first-order valence-corrected chi connectivity index (χ1v) is 6.20. The van der Waals surface area contributed by atoms with Gasteiger partial charge in [0.15, 0.2) is 0 Å². The van der Waals surface area contributed by atoms with Crippen LogP contribution in [0, 0.1) is 13.8 Å². The number of nitrogens with two attached hydrogens (primary N) is 1. The molecule has 0 aliphatic heterocycles. The van der Waals surface area contributed by atoms with Gasteiger partial charge >= 0.3 is 0 Å². The Bertz CT molecular complexity index is 418. The number of amides is 1. The van der Waals surface area contributed by atoms with Crippen LogP contribution in [0.25, 0.3) is 0 Å². The molecule has 3 N–H and O–H groups in total. The highest BCUT2D eigenvalue weighted by atomic mass is 16.1. The van der Waals surface area contributed by atoms with E-state index in [2.05, 4.69) is 42.3 Å². The SMILES string of the molecule is CNC(CCN(C)c1ccc(C)cc1C)C(N)=O. The van der Waals surface area contributed by atoms with Crippen molar-refractivity contribution in [3.63, 3.8) is 0 Å². The van der Waals surface area contributed by atoms with Gasteiger partial charge in [-0.05, 0) is 38.9 Å². The molecule has 0 radical (unpaired) electrons. The molecule has 1 amide bonds. The lowest BCUT2D eigenvalue weighted by Gasteiger charge is -2.23. The molecule has 4 heteroatoms. The molecule has 0 saturated carbocycles. The predicted octanol–water partition coefficient (Wildman–Crippen LogP) is 1.20. The van der Waals surface area contributed by atoms with E-state index in [9.17, 15) is 4.79 Å². The Morgan fingerprint density at radius 2 is 2.11 bits per heavy atom. The Morgan fingerprint density at radius 1 is 1.44 bits per heavy atom. The number of anilines is 1. The zero-order chi connectivity index (χ0) is 13.7. The highest BCUT2D eigenvalue weighted by Gasteiger charge is 2.14. The van der Waals surface area contributed by atoms with E-state index in [1.807, 2.05) is 7.05 Å². The van der Waals surface area contributed by atoms with Crippen molar-refractivity contribution >= 4 is 11.6 Å². The average molecular weight is 249 g/mol. The number of hydrogen-bond donors (Lipinski definition) is 2. The largest absolute Gasteiger partial charge is 0.374 e. The Kier molecular flexibility index (Phi) is 5.16. The summed E-state index contributed by atoms with van der Waals surface area (Å²) in [7, 11) is 3.79. The lowest BCUT2D eigenvalue weighted by molar-refractivity contribution is -0.119. The molecule has 0 bridgehead atoms. The molecule has 0 aliphatic carbocycles. The van der Waals surface area contributed by atoms with E-state index in [0.29, 0.717) is 6.42 Å². The lowest BCUT2D eigenvalue weighted by Crippen LogP contribution is -2.41. The summed E-state index contributed by atoms with van der Waals surface area (Å²) in [5.41, 5.74) is 9.00. The van der Waals surface area contributed by atoms with E-state index in [1.54, 1.807) is 7.05 Å². The van der Waals surface area contributed by atoms with Crippen LogP contribution in [0.4, 0.5) is 5.69 Å². The van der Waals surface area contributed by atoms with Crippen LogP contribution in [0.5, 0.6) is 0 Å². The predicted molar refractivity (Wildman–Crippen MR) is 75.8 cm³/mol. The first kappa shape index (κ1) is 14.5. The zero-order valence-electron chi connectivity index (χ0n) is 11.7. The van der Waals surface area contributed by atoms with Gasteiger partial charge in [-0.3, -0.25) is 4.79 Å². The van der Waals surface area contributed by atoms with Crippen LogP contribution in [0.3, 0.4) is 0 Å². The van der Waals surface area contributed by atoms with Crippen molar-refractivity contribution in [3.05, 3.63) is 29.3 Å². The van der Waals surface area contributed by atoms with Crippen LogP contribution >= 0.6 is 0 Å². The smallest absolute Gasteiger partial charge is 0.234 e. The summed E-state index contributed by atoms with van der Waals surface area (Å²) in [5, 5.41) is 2.93. The maximum atomic E-state index is 11.1. The molecular formula is C14H23N3O. The molecule has 0 aliphatic rings. The van der Waals surface area contributed by atoms with Crippen molar-refractivity contribution in [2.75, 3.05) is 25.5 Å². The van der Waals surface area contributed by atoms with Crippen molar-refractivity contribution in [3.8, 4) is 0 Å². The number of likely N-dealkylation sites (N-methyl/N-ethyl adjacent to an activating group) is 1. The zero-order valence-corrected chi connectivity index (χ0v) is 11.7. The summed E-state index contributed by atoms with van der Waals surface area (Å²) >= 11 is 0. The molecule has 1 aromatic carbocycles. The molecule has 4 nitrogen and oxygen atoms in total. The fourth-order valence-corrected chi connectivity index (χ4v) is 2.11. The van der Waals surface area contributed by atoms with Gasteiger partial charge in [-0.2, -0.15) is 0 Å². The highest BCUT2D eigenvalue weighted by molar-refractivity contribution is 5.79. The molecule has 1 aromatic rings. The fraction of sp³-hybridized carbons (Fsp3) is 0.500. The molecule has 0 heterocycles. The van der Waals surface area contributed by atoms with Gasteiger partial charge in [0.05, 0.1) is 6.04 Å². The van der Waals surface area contributed by atoms with Crippen LogP contribution in [-0.2, 0) is 4.79 Å². The third-order valence-electron chi connectivity index (χ3n) is 3.21. The average Bonchev–Trinajstić information content (AvgIpc) is 2.28. The quantitative estimate of drug-likeness (QED) is 0.796. The number of aryl methyl sites for hydroxylation is 2. The monoisotopic (exact) mass is 249 g/mol. The minimum atomic E-state index is -0.300. The number of benzene rings is 1. The van der Waals surface area contributed by atoms with Crippen molar-refractivity contribution < 1.29 is 4.79 Å². The number of hydrogen-bond acceptors (Lipinski definition) is 3. The van der Waals surface area contributed by atoms with Crippen molar-refractivity contribution in [1.29, 1.82) is 0 Å². The van der Waals surface area contributed by atoms with Crippen molar-refractivity contribution in [2.24, 2.45) is 5.73 Å². The number of carbonyl (C=O) groups excluding carboxylic acids is 1. The molecule has 0 spiro atoms. The second-order valence-electron chi connectivity index (χ2n) is 4.74. The number of carbonyl (C=O) groups is 1. The van der Waals surface area contributed by atoms with E-state index in [4.69, 9.17) is 5.73 Å². The summed E-state index contributed by atoms with van der Waals surface area (Å²) < 4.78 is 0. The molecule has 100 valence electrons. The Balaban J connectivity index is 2.65. The summed E-state index contributed by atoms with van der Waals surface area (Å²) in [6, 6.07) is 6.11. The standard InChI is InChI=1S/C14H23N3O/c1-10-5-6-13(11(2)9-10)17(4)8-7-12(16-3)14(15)18/h5-6,9,12,16H,7-8H2,1-4H3,(H2,15,18). The molecule has 1 atom stereocenters. The van der Waals surface area contributed by atoms with E-state index < -0.39 is 0 Å². The van der Waals surface area contributed by atoms with Gasteiger partial charge in [0.1, 0.15) is 0 Å². The van der Waals surface area contributed by atoms with E-state index in [0.717, 1.165) is 6.54 Å². The van der Waals surface area contributed by atoms with Gasteiger partial charge in [-0.1, -0.05) is 17.7 Å². The minimum Gasteiger partial charge on any atom is -0.374 e. The number of nitrogens with zero attached hydrogens (tertiary/aromatic N) is 1. The van der Waals surface area contributed by atoms with Crippen LogP contribution in [0.2, 0.25) is 0 Å². The second-order valence-corrected chi connectivity index (χ2v) is 4.74. The first-order valence-electron chi connectivity index (χ1n) is 6.20. The minimum absolute atomic E-state index is 0.266. The number of rotatable bonds is 6. The van der Waals surface area contributed by atoms with E-state index >= 15 is 0 Å². The lowest BCUT2D eigenvalue weighted by atomic mass is 10.1. The Labute approximate surface area is 109 Å². The van der Waals surface area contributed by atoms with E-state index in [1.165, 1.54) is 16.8 Å². The van der Waals surface area contributed by atoms with Crippen LogP contribution < -0.4 is 16.0 Å². The molecule has 0 saturated heterocycles. The van der Waals surface area contributed by atoms with Gasteiger partial charge in [-0.25, -0.2) is 0 Å². The molecule has 0 fully saturated rings. The van der Waals surface area contributed by atoms with Gasteiger partial charge in [0.2, 0.25) is 5.91 Å². The second kappa shape index (κ2) is 6.40. The molecule has 18 heavy (non-hydrogen) atoms. The molecule has 1 unspecified atom stereocenters. The Hall–Kier alpha value is -1.55. The summed E-state index contributed by atoms with van der Waals surface area (Å²) in [6.45, 7) is 4.97. The van der Waals surface area contributed by atoms with Gasteiger partial charge in [0.25, 0.3) is 0 Å². The third-order valence-corrected chi connectivity index (χ3v) is 3.21.